The molecule has 0 aliphatic rings. The summed E-state index contributed by atoms with van der Waals surface area (Å²) in [6.45, 7) is 3.37. The highest BCUT2D eigenvalue weighted by Gasteiger charge is 2.06. The first-order valence-corrected chi connectivity index (χ1v) is 7.90. The van der Waals surface area contributed by atoms with Crippen molar-refractivity contribution in [3.05, 3.63) is 65.7 Å². The highest BCUT2D eigenvalue weighted by Crippen LogP contribution is 2.11. The van der Waals surface area contributed by atoms with E-state index in [1.807, 2.05) is 6.07 Å². The van der Waals surface area contributed by atoms with Crippen molar-refractivity contribution >= 4 is 23.2 Å². The molecule has 0 aliphatic heterocycles. The number of methoxy groups -OCH3 is 1. The van der Waals surface area contributed by atoms with Crippen LogP contribution in [0.5, 0.6) is 5.75 Å². The van der Waals surface area contributed by atoms with Crippen molar-refractivity contribution in [2.24, 2.45) is 10.2 Å². The maximum Gasteiger partial charge on any atom is 0.271 e. The molecule has 2 amide bonds. The molecule has 0 fully saturated rings. The Balaban J connectivity index is 1.94. The Bertz CT molecular complexity index is 828. The first kappa shape index (κ1) is 18.9. The molecule has 0 aromatic heterocycles. The molecular weight excluding hydrogens is 332 g/mol. The number of rotatable bonds is 6. The average Bonchev–Trinajstić information content (AvgIpc) is 2.70. The van der Waals surface area contributed by atoms with Crippen LogP contribution in [-0.4, -0.2) is 30.3 Å². The van der Waals surface area contributed by atoms with Gasteiger partial charge >= 0.3 is 0 Å². The lowest BCUT2D eigenvalue weighted by atomic mass is 10.2. The molecule has 0 heterocycles. The maximum atomic E-state index is 12.1. The zero-order chi connectivity index (χ0) is 18.9. The van der Waals surface area contributed by atoms with E-state index in [1.165, 1.54) is 0 Å². The van der Waals surface area contributed by atoms with Crippen LogP contribution in [0.2, 0.25) is 0 Å². The molecular formula is C19H20N4O3. The van der Waals surface area contributed by atoms with Gasteiger partial charge in [0.2, 0.25) is 0 Å². The fraction of sp³-hybridized carbons (Fsp3) is 0.158. The summed E-state index contributed by atoms with van der Waals surface area (Å²) in [4.78, 5) is 24.0. The SMILES string of the molecule is COc1ccc(C(=O)N/N=C(C)/C(C)=N/NC(=O)c2ccccc2)cc1. The minimum absolute atomic E-state index is 0.319. The van der Waals surface area contributed by atoms with Gasteiger partial charge in [0.25, 0.3) is 11.8 Å². The molecule has 0 aliphatic carbocycles. The van der Waals surface area contributed by atoms with Gasteiger partial charge in [0.05, 0.1) is 18.5 Å². The lowest BCUT2D eigenvalue weighted by Gasteiger charge is -2.05. The molecule has 2 aromatic rings. The van der Waals surface area contributed by atoms with Crippen molar-refractivity contribution in [3.63, 3.8) is 0 Å². The van der Waals surface area contributed by atoms with E-state index in [9.17, 15) is 9.59 Å². The van der Waals surface area contributed by atoms with Gasteiger partial charge < -0.3 is 4.74 Å². The topological polar surface area (TPSA) is 92.2 Å². The standard InChI is InChI=1S/C19H20N4O3/c1-13(20-22-18(24)15-7-5-4-6-8-15)14(2)21-23-19(25)16-9-11-17(26-3)12-10-16/h4-12H,1-3H3,(H,22,24)(H,23,25)/b20-13+,21-14+. The molecule has 0 spiro atoms. The largest absolute Gasteiger partial charge is 0.497 e. The van der Waals surface area contributed by atoms with Crippen LogP contribution in [-0.2, 0) is 0 Å². The van der Waals surface area contributed by atoms with E-state index >= 15 is 0 Å². The molecule has 7 heteroatoms. The second kappa shape index (κ2) is 9.12. The van der Waals surface area contributed by atoms with Crippen molar-refractivity contribution in [2.45, 2.75) is 13.8 Å². The first-order chi connectivity index (χ1) is 12.5. The monoisotopic (exact) mass is 352 g/mol. The van der Waals surface area contributed by atoms with Gasteiger partial charge in [0.15, 0.2) is 0 Å². The van der Waals surface area contributed by atoms with Crippen molar-refractivity contribution in [1.29, 1.82) is 0 Å². The Hall–Kier alpha value is -3.48. The van der Waals surface area contributed by atoms with Gasteiger partial charge in [-0.1, -0.05) is 18.2 Å². The summed E-state index contributed by atoms with van der Waals surface area (Å²) in [7, 11) is 1.56. The molecule has 0 saturated heterocycles. The molecule has 2 aromatic carbocycles. The summed E-state index contributed by atoms with van der Waals surface area (Å²) in [6, 6.07) is 15.4. The van der Waals surface area contributed by atoms with Gasteiger partial charge in [-0.05, 0) is 50.2 Å². The van der Waals surface area contributed by atoms with E-state index in [-0.39, 0.29) is 11.8 Å². The Labute approximate surface area is 151 Å². The lowest BCUT2D eigenvalue weighted by molar-refractivity contribution is 0.0946. The highest BCUT2D eigenvalue weighted by molar-refractivity contribution is 6.40. The number of nitrogens with zero attached hydrogens (tertiary/aromatic N) is 2. The molecule has 0 bridgehead atoms. The van der Waals surface area contributed by atoms with E-state index in [4.69, 9.17) is 4.74 Å². The van der Waals surface area contributed by atoms with Gasteiger partial charge in [-0.2, -0.15) is 10.2 Å². The molecule has 2 rings (SSSR count). The number of nitrogens with one attached hydrogen (secondary N) is 2. The summed E-state index contributed by atoms with van der Waals surface area (Å²) in [6.07, 6.45) is 0. The summed E-state index contributed by atoms with van der Waals surface area (Å²) in [5.74, 6) is -0.00786. The number of hydrogen-bond acceptors (Lipinski definition) is 5. The van der Waals surface area contributed by atoms with Crippen molar-refractivity contribution < 1.29 is 14.3 Å². The van der Waals surface area contributed by atoms with Crippen molar-refractivity contribution in [1.82, 2.24) is 10.9 Å². The molecule has 7 nitrogen and oxygen atoms in total. The highest BCUT2D eigenvalue weighted by atomic mass is 16.5. The van der Waals surface area contributed by atoms with Crippen LogP contribution in [0.25, 0.3) is 0 Å². The molecule has 26 heavy (non-hydrogen) atoms. The minimum atomic E-state index is -0.354. The van der Waals surface area contributed by atoms with Gasteiger partial charge in [-0.3, -0.25) is 9.59 Å². The second-order valence-electron chi connectivity index (χ2n) is 5.37. The zero-order valence-corrected chi connectivity index (χ0v) is 14.8. The van der Waals surface area contributed by atoms with Gasteiger partial charge in [-0.15, -0.1) is 0 Å². The maximum absolute atomic E-state index is 12.1. The Morgan fingerprint density at radius 3 is 1.69 bits per heavy atom. The second-order valence-corrected chi connectivity index (χ2v) is 5.37. The third kappa shape index (κ3) is 5.27. The molecule has 2 N–H and O–H groups in total. The Morgan fingerprint density at radius 1 is 0.769 bits per heavy atom. The van der Waals surface area contributed by atoms with Crippen LogP contribution >= 0.6 is 0 Å². The number of ether oxygens (including phenoxy) is 1. The zero-order valence-electron chi connectivity index (χ0n) is 14.8. The van der Waals surface area contributed by atoms with Gasteiger partial charge in [0.1, 0.15) is 5.75 Å². The van der Waals surface area contributed by atoms with Crippen molar-refractivity contribution in [2.75, 3.05) is 7.11 Å². The predicted molar refractivity (Wildman–Crippen MR) is 101 cm³/mol. The van der Waals surface area contributed by atoms with Crippen LogP contribution in [0.3, 0.4) is 0 Å². The third-order valence-corrected chi connectivity index (χ3v) is 3.56. The van der Waals surface area contributed by atoms with Crippen molar-refractivity contribution in [3.8, 4) is 5.75 Å². The van der Waals surface area contributed by atoms with Gasteiger partial charge in [0, 0.05) is 11.1 Å². The predicted octanol–water partition coefficient (Wildman–Crippen LogP) is 2.61. The molecule has 0 atom stereocenters. The summed E-state index contributed by atoms with van der Waals surface area (Å²) >= 11 is 0. The van der Waals surface area contributed by atoms with Crippen LogP contribution < -0.4 is 15.6 Å². The van der Waals surface area contributed by atoms with E-state index in [0.717, 1.165) is 0 Å². The van der Waals surface area contributed by atoms with E-state index in [0.29, 0.717) is 28.3 Å². The fourth-order valence-corrected chi connectivity index (χ4v) is 1.89. The third-order valence-electron chi connectivity index (χ3n) is 3.56. The van der Waals surface area contributed by atoms with Crippen LogP contribution in [0.4, 0.5) is 0 Å². The summed E-state index contributed by atoms with van der Waals surface area (Å²) in [5.41, 5.74) is 6.81. The first-order valence-electron chi connectivity index (χ1n) is 7.90. The summed E-state index contributed by atoms with van der Waals surface area (Å²) < 4.78 is 5.05. The van der Waals surface area contributed by atoms with Crippen LogP contribution in [0.1, 0.15) is 34.6 Å². The van der Waals surface area contributed by atoms with Gasteiger partial charge in [-0.25, -0.2) is 10.9 Å². The Kier molecular flexibility index (Phi) is 6.61. The number of amides is 2. The van der Waals surface area contributed by atoms with E-state index in [2.05, 4.69) is 21.1 Å². The van der Waals surface area contributed by atoms with Crippen LogP contribution in [0.15, 0.2) is 64.8 Å². The normalized spacial score (nSPS) is 11.7. The molecule has 134 valence electrons. The number of hydrazone groups is 2. The van der Waals surface area contributed by atoms with E-state index < -0.39 is 0 Å². The number of carbonyl (C=O) groups is 2. The minimum Gasteiger partial charge on any atom is -0.497 e. The molecule has 0 unspecified atom stereocenters. The quantitative estimate of drug-likeness (QED) is 0.618. The molecule has 0 radical (unpaired) electrons. The molecule has 0 saturated carbocycles. The summed E-state index contributed by atoms with van der Waals surface area (Å²) in [5, 5.41) is 7.99. The lowest BCUT2D eigenvalue weighted by Crippen LogP contribution is -2.24. The number of benzene rings is 2. The average molecular weight is 352 g/mol. The van der Waals surface area contributed by atoms with E-state index in [1.54, 1.807) is 69.5 Å². The fourth-order valence-electron chi connectivity index (χ4n) is 1.89. The number of carbonyl (C=O) groups excluding carboxylic acids is 2. The number of hydrogen-bond donors (Lipinski definition) is 2. The Morgan fingerprint density at radius 2 is 1.23 bits per heavy atom. The van der Waals surface area contributed by atoms with Crippen LogP contribution in [0, 0.1) is 0 Å². The smallest absolute Gasteiger partial charge is 0.271 e.